The molecule has 2 N–H and O–H groups in total. The third-order valence-electron chi connectivity index (χ3n) is 3.48. The van der Waals surface area contributed by atoms with Crippen LogP contribution in [0.15, 0.2) is 30.3 Å². The molecular formula is C16H24N2O3. The van der Waals surface area contributed by atoms with Crippen molar-refractivity contribution in [3.05, 3.63) is 35.9 Å². The molecule has 0 aliphatic rings. The smallest absolute Gasteiger partial charge is 0.317 e. The van der Waals surface area contributed by atoms with Gasteiger partial charge in [0.05, 0.1) is 13.1 Å². The fourth-order valence-corrected chi connectivity index (χ4v) is 2.03. The molecule has 0 bridgehead atoms. The lowest BCUT2D eigenvalue weighted by atomic mass is 10.1. The summed E-state index contributed by atoms with van der Waals surface area (Å²) in [4.78, 5) is 24.4. The van der Waals surface area contributed by atoms with Crippen molar-refractivity contribution < 1.29 is 14.7 Å². The number of hydrogen-bond donors (Lipinski definition) is 2. The van der Waals surface area contributed by atoms with E-state index in [0.29, 0.717) is 6.54 Å². The van der Waals surface area contributed by atoms with Gasteiger partial charge in [-0.05, 0) is 25.3 Å². The first kappa shape index (κ1) is 17.2. The van der Waals surface area contributed by atoms with Crippen molar-refractivity contribution in [3.63, 3.8) is 0 Å². The van der Waals surface area contributed by atoms with Crippen molar-refractivity contribution in [2.45, 2.75) is 32.7 Å². The predicted octanol–water partition coefficient (Wildman–Crippen LogP) is 1.53. The number of nitrogens with one attached hydrogen (secondary N) is 1. The Morgan fingerprint density at radius 3 is 2.48 bits per heavy atom. The first-order valence-corrected chi connectivity index (χ1v) is 7.29. The van der Waals surface area contributed by atoms with E-state index in [4.69, 9.17) is 5.11 Å². The lowest BCUT2D eigenvalue weighted by Crippen LogP contribution is -2.44. The second-order valence-electron chi connectivity index (χ2n) is 5.14. The minimum atomic E-state index is -0.910. The zero-order valence-corrected chi connectivity index (χ0v) is 12.7. The van der Waals surface area contributed by atoms with Gasteiger partial charge in [-0.15, -0.1) is 0 Å². The molecule has 0 heterocycles. The number of hydrogen-bond acceptors (Lipinski definition) is 3. The standard InChI is InChI=1S/C16H24N2O3/c1-3-13(2)18(12-16(20)21)11-15(19)17-10-9-14-7-5-4-6-8-14/h4-8,13H,3,9-12H2,1-2H3,(H,17,19)(H,20,21). The van der Waals surface area contributed by atoms with Crippen LogP contribution in [0.1, 0.15) is 25.8 Å². The average Bonchev–Trinajstić information content (AvgIpc) is 2.46. The van der Waals surface area contributed by atoms with E-state index in [1.54, 1.807) is 4.90 Å². The lowest BCUT2D eigenvalue weighted by Gasteiger charge is -2.25. The monoisotopic (exact) mass is 292 g/mol. The molecule has 0 saturated carbocycles. The highest BCUT2D eigenvalue weighted by Crippen LogP contribution is 2.03. The van der Waals surface area contributed by atoms with Gasteiger partial charge in [0.15, 0.2) is 0 Å². The summed E-state index contributed by atoms with van der Waals surface area (Å²) in [7, 11) is 0. The minimum absolute atomic E-state index is 0.0703. The Morgan fingerprint density at radius 1 is 1.24 bits per heavy atom. The Bertz CT molecular complexity index is 448. The van der Waals surface area contributed by atoms with Crippen molar-refractivity contribution in [1.82, 2.24) is 10.2 Å². The summed E-state index contributed by atoms with van der Waals surface area (Å²) in [6.45, 7) is 4.48. The van der Waals surface area contributed by atoms with Crippen LogP contribution in [-0.2, 0) is 16.0 Å². The Balaban J connectivity index is 2.37. The molecule has 1 unspecified atom stereocenters. The van der Waals surface area contributed by atoms with E-state index in [2.05, 4.69) is 5.32 Å². The van der Waals surface area contributed by atoms with Crippen LogP contribution < -0.4 is 5.32 Å². The van der Waals surface area contributed by atoms with Crippen LogP contribution in [0.3, 0.4) is 0 Å². The van der Waals surface area contributed by atoms with Crippen LogP contribution in [0, 0.1) is 0 Å². The van der Waals surface area contributed by atoms with Crippen LogP contribution in [0.4, 0.5) is 0 Å². The summed E-state index contributed by atoms with van der Waals surface area (Å²) in [6.07, 6.45) is 1.58. The van der Waals surface area contributed by atoms with Gasteiger partial charge in [-0.25, -0.2) is 0 Å². The second-order valence-corrected chi connectivity index (χ2v) is 5.14. The normalized spacial score (nSPS) is 12.1. The molecule has 1 amide bonds. The topological polar surface area (TPSA) is 69.6 Å². The number of carboxylic acid groups (broad SMARTS) is 1. The molecule has 1 atom stereocenters. The second kappa shape index (κ2) is 9.13. The largest absolute Gasteiger partial charge is 0.480 e. The van der Waals surface area contributed by atoms with Crippen LogP contribution in [0.25, 0.3) is 0 Å². The summed E-state index contributed by atoms with van der Waals surface area (Å²) in [6, 6.07) is 9.99. The molecule has 0 aliphatic carbocycles. The van der Waals surface area contributed by atoms with E-state index < -0.39 is 5.97 Å². The number of aliphatic carboxylic acids is 1. The van der Waals surface area contributed by atoms with E-state index in [-0.39, 0.29) is 25.0 Å². The van der Waals surface area contributed by atoms with E-state index in [1.807, 2.05) is 44.2 Å². The van der Waals surface area contributed by atoms with E-state index >= 15 is 0 Å². The molecule has 1 aromatic rings. The van der Waals surface area contributed by atoms with E-state index in [1.165, 1.54) is 5.56 Å². The third kappa shape index (κ3) is 6.90. The van der Waals surface area contributed by atoms with E-state index in [0.717, 1.165) is 12.8 Å². The Kier molecular flexibility index (Phi) is 7.46. The molecule has 0 aromatic heterocycles. The molecule has 1 rings (SSSR count). The van der Waals surface area contributed by atoms with Crippen LogP contribution in [0.2, 0.25) is 0 Å². The first-order chi connectivity index (χ1) is 10.0. The molecule has 116 valence electrons. The number of carbonyl (C=O) groups is 2. The van der Waals surface area contributed by atoms with Gasteiger partial charge in [0, 0.05) is 12.6 Å². The van der Waals surface area contributed by atoms with Crippen molar-refractivity contribution in [3.8, 4) is 0 Å². The fraction of sp³-hybridized carbons (Fsp3) is 0.500. The number of nitrogens with zero attached hydrogens (tertiary/aromatic N) is 1. The summed E-state index contributed by atoms with van der Waals surface area (Å²) in [5.41, 5.74) is 1.17. The van der Waals surface area contributed by atoms with Crippen LogP contribution in [-0.4, -0.2) is 47.6 Å². The van der Waals surface area contributed by atoms with Crippen LogP contribution >= 0.6 is 0 Å². The maximum Gasteiger partial charge on any atom is 0.317 e. The molecule has 0 spiro atoms. The molecule has 0 fully saturated rings. The summed E-state index contributed by atoms with van der Waals surface area (Å²) in [5, 5.41) is 11.7. The Hall–Kier alpha value is -1.88. The quantitative estimate of drug-likeness (QED) is 0.724. The highest BCUT2D eigenvalue weighted by atomic mass is 16.4. The minimum Gasteiger partial charge on any atom is -0.480 e. The number of carbonyl (C=O) groups excluding carboxylic acids is 1. The van der Waals surface area contributed by atoms with E-state index in [9.17, 15) is 9.59 Å². The molecule has 0 aliphatic heterocycles. The zero-order valence-electron chi connectivity index (χ0n) is 12.7. The maximum atomic E-state index is 11.9. The van der Waals surface area contributed by atoms with Crippen molar-refractivity contribution in [2.75, 3.05) is 19.6 Å². The van der Waals surface area contributed by atoms with Crippen molar-refractivity contribution in [2.24, 2.45) is 0 Å². The zero-order chi connectivity index (χ0) is 15.7. The average molecular weight is 292 g/mol. The molecule has 21 heavy (non-hydrogen) atoms. The SMILES string of the molecule is CCC(C)N(CC(=O)O)CC(=O)NCCc1ccccc1. The lowest BCUT2D eigenvalue weighted by molar-refractivity contribution is -0.139. The summed E-state index contributed by atoms with van der Waals surface area (Å²) in [5.74, 6) is -1.04. The molecule has 5 nitrogen and oxygen atoms in total. The third-order valence-corrected chi connectivity index (χ3v) is 3.48. The molecule has 1 aromatic carbocycles. The highest BCUT2D eigenvalue weighted by Gasteiger charge is 2.18. The van der Waals surface area contributed by atoms with Gasteiger partial charge in [0.1, 0.15) is 0 Å². The van der Waals surface area contributed by atoms with Gasteiger partial charge < -0.3 is 10.4 Å². The number of rotatable bonds is 9. The molecule has 0 radical (unpaired) electrons. The van der Waals surface area contributed by atoms with Gasteiger partial charge in [0.2, 0.25) is 5.91 Å². The maximum absolute atomic E-state index is 11.9. The molecule has 5 heteroatoms. The fourth-order valence-electron chi connectivity index (χ4n) is 2.03. The van der Waals surface area contributed by atoms with Crippen LogP contribution in [0.5, 0.6) is 0 Å². The molecular weight excluding hydrogens is 268 g/mol. The summed E-state index contributed by atoms with van der Waals surface area (Å²) >= 11 is 0. The predicted molar refractivity (Wildman–Crippen MR) is 82.1 cm³/mol. The van der Waals surface area contributed by atoms with Crippen molar-refractivity contribution in [1.29, 1.82) is 0 Å². The van der Waals surface area contributed by atoms with Gasteiger partial charge in [-0.2, -0.15) is 0 Å². The van der Waals surface area contributed by atoms with Gasteiger partial charge in [-0.1, -0.05) is 37.3 Å². The number of benzene rings is 1. The van der Waals surface area contributed by atoms with Gasteiger partial charge >= 0.3 is 5.97 Å². The van der Waals surface area contributed by atoms with Crippen molar-refractivity contribution >= 4 is 11.9 Å². The van der Waals surface area contributed by atoms with Gasteiger partial charge in [0.25, 0.3) is 0 Å². The summed E-state index contributed by atoms with van der Waals surface area (Å²) < 4.78 is 0. The first-order valence-electron chi connectivity index (χ1n) is 7.29. The van der Waals surface area contributed by atoms with Gasteiger partial charge in [-0.3, -0.25) is 14.5 Å². The number of amides is 1. The highest BCUT2D eigenvalue weighted by molar-refractivity contribution is 5.79. The Morgan fingerprint density at radius 2 is 1.90 bits per heavy atom. The molecule has 0 saturated heterocycles. The number of carboxylic acids is 1. The Labute approximate surface area is 126 Å².